The molecule has 0 spiro atoms. The Bertz CT molecular complexity index is 358. The lowest BCUT2D eigenvalue weighted by molar-refractivity contribution is -0.148. The molecule has 110 valence electrons. The fourth-order valence-corrected chi connectivity index (χ4v) is 1.98. The fourth-order valence-electron chi connectivity index (χ4n) is 1.98. The minimum atomic E-state index is -0.445. The van der Waals surface area contributed by atoms with Gasteiger partial charge >= 0.3 is 0 Å². The number of amides is 2. The van der Waals surface area contributed by atoms with Crippen molar-refractivity contribution in [3.8, 4) is 0 Å². The molecule has 1 rings (SSSR count). The SMILES string of the molecule is COC(C)(C)CCN1CC(=O)NC(C(C)(C)C)C1=O. The molecule has 0 bridgehead atoms. The number of nitrogens with zero attached hydrogens (tertiary/aromatic N) is 1. The van der Waals surface area contributed by atoms with Crippen LogP contribution in [0.2, 0.25) is 0 Å². The van der Waals surface area contributed by atoms with Gasteiger partial charge in [0.05, 0.1) is 12.1 Å². The third-order valence-electron chi connectivity index (χ3n) is 3.60. The number of carbonyl (C=O) groups excluding carboxylic acids is 2. The van der Waals surface area contributed by atoms with Gasteiger partial charge in [0.2, 0.25) is 11.8 Å². The van der Waals surface area contributed by atoms with Crippen LogP contribution >= 0.6 is 0 Å². The Balaban J connectivity index is 2.73. The van der Waals surface area contributed by atoms with Crippen LogP contribution in [0.25, 0.3) is 0 Å². The van der Waals surface area contributed by atoms with Gasteiger partial charge in [-0.15, -0.1) is 0 Å². The number of hydrogen-bond acceptors (Lipinski definition) is 3. The lowest BCUT2D eigenvalue weighted by Gasteiger charge is -2.39. The number of rotatable bonds is 4. The zero-order valence-electron chi connectivity index (χ0n) is 12.9. The molecule has 1 atom stereocenters. The largest absolute Gasteiger partial charge is 0.379 e. The first-order valence-electron chi connectivity index (χ1n) is 6.70. The van der Waals surface area contributed by atoms with E-state index in [4.69, 9.17) is 4.74 Å². The van der Waals surface area contributed by atoms with Crippen LogP contribution in [0.3, 0.4) is 0 Å². The average molecular weight is 270 g/mol. The Labute approximate surface area is 115 Å². The smallest absolute Gasteiger partial charge is 0.246 e. The van der Waals surface area contributed by atoms with Crippen molar-refractivity contribution >= 4 is 11.8 Å². The molecule has 1 saturated heterocycles. The topological polar surface area (TPSA) is 58.6 Å². The van der Waals surface area contributed by atoms with E-state index in [0.29, 0.717) is 13.0 Å². The number of piperazine rings is 1. The summed E-state index contributed by atoms with van der Waals surface area (Å²) in [5.74, 6) is -0.0891. The van der Waals surface area contributed by atoms with Gasteiger partial charge in [-0.1, -0.05) is 20.8 Å². The third kappa shape index (κ3) is 4.20. The normalized spacial score (nSPS) is 21.6. The highest BCUT2D eigenvalue weighted by Gasteiger charge is 2.40. The molecule has 1 aliphatic rings. The molecular weight excluding hydrogens is 244 g/mol. The monoisotopic (exact) mass is 270 g/mol. The molecule has 2 amide bonds. The van der Waals surface area contributed by atoms with Crippen LogP contribution in [-0.4, -0.2) is 48.6 Å². The van der Waals surface area contributed by atoms with Crippen molar-refractivity contribution in [1.29, 1.82) is 0 Å². The van der Waals surface area contributed by atoms with E-state index in [9.17, 15) is 9.59 Å². The molecule has 0 aliphatic carbocycles. The van der Waals surface area contributed by atoms with E-state index in [0.717, 1.165) is 0 Å². The van der Waals surface area contributed by atoms with Gasteiger partial charge in [0.1, 0.15) is 6.04 Å². The fraction of sp³-hybridized carbons (Fsp3) is 0.857. The zero-order chi connectivity index (χ0) is 14.8. The highest BCUT2D eigenvalue weighted by molar-refractivity contribution is 5.95. The summed E-state index contributed by atoms with van der Waals surface area (Å²) in [6.45, 7) is 10.5. The van der Waals surface area contributed by atoms with E-state index in [1.165, 1.54) is 0 Å². The van der Waals surface area contributed by atoms with Gasteiger partial charge in [-0.3, -0.25) is 9.59 Å². The van der Waals surface area contributed by atoms with Crippen LogP contribution < -0.4 is 5.32 Å². The Hall–Kier alpha value is -1.10. The zero-order valence-corrected chi connectivity index (χ0v) is 12.9. The van der Waals surface area contributed by atoms with Crippen molar-refractivity contribution in [2.75, 3.05) is 20.2 Å². The van der Waals surface area contributed by atoms with Crippen molar-refractivity contribution in [3.05, 3.63) is 0 Å². The molecule has 0 saturated carbocycles. The third-order valence-corrected chi connectivity index (χ3v) is 3.60. The van der Waals surface area contributed by atoms with Gasteiger partial charge in [0, 0.05) is 13.7 Å². The van der Waals surface area contributed by atoms with Crippen molar-refractivity contribution in [2.24, 2.45) is 5.41 Å². The molecule has 0 aromatic carbocycles. The van der Waals surface area contributed by atoms with Crippen molar-refractivity contribution in [3.63, 3.8) is 0 Å². The predicted octanol–water partition coefficient (Wildman–Crippen LogP) is 1.17. The number of carbonyl (C=O) groups is 2. The first-order chi connectivity index (χ1) is 8.57. The Kier molecular flexibility index (Phi) is 4.61. The average Bonchev–Trinajstić information content (AvgIpc) is 2.28. The second kappa shape index (κ2) is 5.49. The van der Waals surface area contributed by atoms with Crippen LogP contribution in [0.1, 0.15) is 41.0 Å². The summed E-state index contributed by atoms with van der Waals surface area (Å²) >= 11 is 0. The van der Waals surface area contributed by atoms with E-state index >= 15 is 0 Å². The summed E-state index contributed by atoms with van der Waals surface area (Å²) in [4.78, 5) is 25.8. The summed E-state index contributed by atoms with van der Waals surface area (Å²) in [5, 5.41) is 2.79. The summed E-state index contributed by atoms with van der Waals surface area (Å²) < 4.78 is 5.35. The summed E-state index contributed by atoms with van der Waals surface area (Å²) in [5.41, 5.74) is -0.562. The molecule has 1 heterocycles. The number of hydrogen-bond donors (Lipinski definition) is 1. The van der Waals surface area contributed by atoms with E-state index in [1.807, 2.05) is 34.6 Å². The molecule has 5 heteroatoms. The maximum atomic E-state index is 12.4. The van der Waals surface area contributed by atoms with Gasteiger partial charge in [-0.25, -0.2) is 0 Å². The second-order valence-electron chi connectivity index (χ2n) is 6.84. The Morgan fingerprint density at radius 1 is 1.26 bits per heavy atom. The first kappa shape index (κ1) is 16.0. The summed E-state index contributed by atoms with van der Waals surface area (Å²) in [6.07, 6.45) is 0.708. The molecule has 0 radical (unpaired) electrons. The van der Waals surface area contributed by atoms with E-state index in [-0.39, 0.29) is 29.4 Å². The van der Waals surface area contributed by atoms with Crippen molar-refractivity contribution < 1.29 is 14.3 Å². The van der Waals surface area contributed by atoms with Gasteiger partial charge in [-0.2, -0.15) is 0 Å². The Morgan fingerprint density at radius 2 is 1.84 bits per heavy atom. The molecule has 5 nitrogen and oxygen atoms in total. The van der Waals surface area contributed by atoms with Gasteiger partial charge < -0.3 is 15.0 Å². The second-order valence-corrected chi connectivity index (χ2v) is 6.84. The molecule has 1 N–H and O–H groups in total. The molecular formula is C14H26N2O3. The van der Waals surface area contributed by atoms with E-state index in [1.54, 1.807) is 12.0 Å². The quantitative estimate of drug-likeness (QED) is 0.834. The maximum Gasteiger partial charge on any atom is 0.246 e. The van der Waals surface area contributed by atoms with Gasteiger partial charge in [0.15, 0.2) is 0 Å². The number of ether oxygens (including phenoxy) is 1. The van der Waals surface area contributed by atoms with Crippen molar-refractivity contribution in [1.82, 2.24) is 10.2 Å². The molecule has 19 heavy (non-hydrogen) atoms. The minimum Gasteiger partial charge on any atom is -0.379 e. The predicted molar refractivity (Wildman–Crippen MR) is 73.7 cm³/mol. The van der Waals surface area contributed by atoms with Crippen LogP contribution in [0, 0.1) is 5.41 Å². The minimum absolute atomic E-state index is 0.000923. The molecule has 1 aliphatic heterocycles. The summed E-state index contributed by atoms with van der Waals surface area (Å²) in [6, 6.07) is -0.445. The lowest BCUT2D eigenvalue weighted by atomic mass is 9.84. The van der Waals surface area contributed by atoms with Crippen LogP contribution in [0.4, 0.5) is 0 Å². The van der Waals surface area contributed by atoms with Crippen LogP contribution in [0.5, 0.6) is 0 Å². The molecule has 0 aromatic rings. The van der Waals surface area contributed by atoms with Crippen LogP contribution in [0.15, 0.2) is 0 Å². The highest BCUT2D eigenvalue weighted by Crippen LogP contribution is 2.24. The highest BCUT2D eigenvalue weighted by atomic mass is 16.5. The summed E-state index contributed by atoms with van der Waals surface area (Å²) in [7, 11) is 1.66. The van der Waals surface area contributed by atoms with E-state index in [2.05, 4.69) is 5.32 Å². The molecule has 0 aromatic heterocycles. The van der Waals surface area contributed by atoms with Crippen LogP contribution in [-0.2, 0) is 14.3 Å². The standard InChI is InChI=1S/C14H26N2O3/c1-13(2,3)11-12(18)16(9-10(17)15-11)8-7-14(4,5)19-6/h11H,7-9H2,1-6H3,(H,15,17). The van der Waals surface area contributed by atoms with E-state index < -0.39 is 6.04 Å². The van der Waals surface area contributed by atoms with Crippen molar-refractivity contribution in [2.45, 2.75) is 52.7 Å². The Morgan fingerprint density at radius 3 is 2.32 bits per heavy atom. The number of methoxy groups -OCH3 is 1. The molecule has 1 unspecified atom stereocenters. The number of nitrogens with one attached hydrogen (secondary N) is 1. The van der Waals surface area contributed by atoms with Gasteiger partial charge in [0.25, 0.3) is 0 Å². The lowest BCUT2D eigenvalue weighted by Crippen LogP contribution is -2.62. The first-order valence-corrected chi connectivity index (χ1v) is 6.70. The molecule has 1 fully saturated rings. The maximum absolute atomic E-state index is 12.4. The van der Waals surface area contributed by atoms with Gasteiger partial charge in [-0.05, 0) is 25.7 Å².